The van der Waals surface area contributed by atoms with Crippen molar-refractivity contribution >= 4 is 28.0 Å². The van der Waals surface area contributed by atoms with E-state index in [1.165, 1.54) is 12.1 Å². The summed E-state index contributed by atoms with van der Waals surface area (Å²) in [6.45, 7) is 0.0542. The molecule has 0 fully saturated rings. The summed E-state index contributed by atoms with van der Waals surface area (Å²) in [6.07, 6.45) is 1.13. The van der Waals surface area contributed by atoms with Crippen molar-refractivity contribution in [3.63, 3.8) is 0 Å². The Labute approximate surface area is 138 Å². The second kappa shape index (κ2) is 6.73. The van der Waals surface area contributed by atoms with Gasteiger partial charge in [-0.15, -0.1) is 0 Å². The minimum absolute atomic E-state index is 0.00864. The Kier molecular flexibility index (Phi) is 4.50. The number of H-pyrrole nitrogens is 1. The second-order valence-electron chi connectivity index (χ2n) is 4.91. The van der Waals surface area contributed by atoms with Gasteiger partial charge in [0.1, 0.15) is 6.61 Å². The van der Waals surface area contributed by atoms with Gasteiger partial charge < -0.3 is 14.3 Å². The van der Waals surface area contributed by atoms with Crippen molar-refractivity contribution in [2.45, 2.75) is 11.5 Å². The highest BCUT2D eigenvalue weighted by Crippen LogP contribution is 2.20. The van der Waals surface area contributed by atoms with Gasteiger partial charge in [-0.05, 0) is 17.7 Å². The average molecular weight is 344 g/mol. The lowest BCUT2D eigenvalue weighted by Gasteiger charge is -2.07. The number of carbonyl (C=O) groups is 1. The zero-order valence-electron chi connectivity index (χ0n) is 12.3. The molecular formula is C16H12N2O5S. The predicted octanol–water partition coefficient (Wildman–Crippen LogP) is 1.86. The SMILES string of the molecule is O=C(OCc1ccccc1)c1cc(S(=O)O)c2nc[nH]c(=O)c2c1. The van der Waals surface area contributed by atoms with Crippen molar-refractivity contribution in [2.75, 3.05) is 0 Å². The Morgan fingerprint density at radius 1 is 1.25 bits per heavy atom. The van der Waals surface area contributed by atoms with Crippen LogP contribution in [0.25, 0.3) is 10.9 Å². The number of aromatic nitrogens is 2. The summed E-state index contributed by atoms with van der Waals surface area (Å²) >= 11 is -2.40. The van der Waals surface area contributed by atoms with E-state index in [9.17, 15) is 18.4 Å². The van der Waals surface area contributed by atoms with Crippen molar-refractivity contribution in [1.82, 2.24) is 9.97 Å². The molecular weight excluding hydrogens is 332 g/mol. The Morgan fingerprint density at radius 2 is 2.00 bits per heavy atom. The monoisotopic (exact) mass is 344 g/mol. The van der Waals surface area contributed by atoms with Crippen LogP contribution in [0.3, 0.4) is 0 Å². The summed E-state index contributed by atoms with van der Waals surface area (Å²) in [5, 5.41) is 0.0454. The summed E-state index contributed by atoms with van der Waals surface area (Å²) < 4.78 is 26.1. The van der Waals surface area contributed by atoms with E-state index < -0.39 is 22.6 Å². The minimum Gasteiger partial charge on any atom is -0.457 e. The average Bonchev–Trinajstić information content (AvgIpc) is 2.60. The van der Waals surface area contributed by atoms with Gasteiger partial charge in [-0.3, -0.25) is 4.79 Å². The Morgan fingerprint density at radius 3 is 2.71 bits per heavy atom. The Hall–Kier alpha value is -2.84. The summed E-state index contributed by atoms with van der Waals surface area (Å²) in [4.78, 5) is 30.2. The molecule has 0 aliphatic carbocycles. The quantitative estimate of drug-likeness (QED) is 0.552. The molecule has 0 aliphatic rings. The third-order valence-corrected chi connectivity index (χ3v) is 4.03. The molecule has 0 aliphatic heterocycles. The first-order valence-electron chi connectivity index (χ1n) is 6.89. The number of ether oxygens (including phenoxy) is 1. The topological polar surface area (TPSA) is 109 Å². The van der Waals surface area contributed by atoms with Crippen LogP contribution in [0.5, 0.6) is 0 Å². The van der Waals surface area contributed by atoms with Crippen molar-refractivity contribution in [3.8, 4) is 0 Å². The molecule has 0 radical (unpaired) electrons. The number of hydrogen-bond donors (Lipinski definition) is 2. The number of nitrogens with zero attached hydrogens (tertiary/aromatic N) is 1. The first-order chi connectivity index (χ1) is 11.6. The number of aromatic amines is 1. The maximum absolute atomic E-state index is 12.2. The molecule has 0 bridgehead atoms. The van der Waals surface area contributed by atoms with Crippen molar-refractivity contribution < 1.29 is 18.3 Å². The third-order valence-electron chi connectivity index (χ3n) is 3.35. The second-order valence-corrected chi connectivity index (χ2v) is 5.85. The van der Waals surface area contributed by atoms with Crippen LogP contribution in [0.15, 0.2) is 58.5 Å². The van der Waals surface area contributed by atoms with Gasteiger partial charge in [-0.25, -0.2) is 14.0 Å². The lowest BCUT2D eigenvalue weighted by molar-refractivity contribution is 0.0472. The number of rotatable bonds is 4. The largest absolute Gasteiger partial charge is 0.457 e. The zero-order chi connectivity index (χ0) is 17.1. The zero-order valence-corrected chi connectivity index (χ0v) is 13.1. The normalized spacial score (nSPS) is 12.0. The van der Waals surface area contributed by atoms with Crippen LogP contribution < -0.4 is 5.56 Å². The molecule has 2 N–H and O–H groups in total. The van der Waals surface area contributed by atoms with Gasteiger partial charge in [-0.1, -0.05) is 30.3 Å². The molecule has 1 atom stereocenters. The molecule has 3 aromatic rings. The highest BCUT2D eigenvalue weighted by Gasteiger charge is 2.17. The van der Waals surface area contributed by atoms with E-state index in [4.69, 9.17) is 4.74 Å². The minimum atomic E-state index is -2.40. The molecule has 0 saturated carbocycles. The fraction of sp³-hybridized carbons (Fsp3) is 0.0625. The predicted molar refractivity (Wildman–Crippen MR) is 87.0 cm³/mol. The van der Waals surface area contributed by atoms with Crippen molar-refractivity contribution in [1.29, 1.82) is 0 Å². The van der Waals surface area contributed by atoms with E-state index >= 15 is 0 Å². The lowest BCUT2D eigenvalue weighted by atomic mass is 10.1. The van der Waals surface area contributed by atoms with Gasteiger partial charge in [0, 0.05) is 0 Å². The van der Waals surface area contributed by atoms with Crippen LogP contribution in [0, 0.1) is 0 Å². The molecule has 0 saturated heterocycles. The van der Waals surface area contributed by atoms with Gasteiger partial charge in [0.15, 0.2) is 11.1 Å². The van der Waals surface area contributed by atoms with E-state index in [-0.39, 0.29) is 28.0 Å². The fourth-order valence-corrected chi connectivity index (χ4v) is 2.76. The summed E-state index contributed by atoms with van der Waals surface area (Å²) in [6, 6.07) is 11.6. The Balaban J connectivity index is 1.97. The van der Waals surface area contributed by atoms with Crippen LogP contribution in [-0.2, 0) is 22.4 Å². The van der Waals surface area contributed by atoms with E-state index in [0.717, 1.165) is 11.9 Å². The highest BCUT2D eigenvalue weighted by atomic mass is 32.2. The summed E-state index contributed by atoms with van der Waals surface area (Å²) in [5.74, 6) is -0.698. The number of nitrogens with one attached hydrogen (secondary N) is 1. The van der Waals surface area contributed by atoms with E-state index in [2.05, 4.69) is 9.97 Å². The van der Waals surface area contributed by atoms with Crippen LogP contribution >= 0.6 is 0 Å². The number of esters is 1. The lowest BCUT2D eigenvalue weighted by Crippen LogP contribution is -2.12. The number of carbonyl (C=O) groups excluding carboxylic acids is 1. The third kappa shape index (κ3) is 3.24. The maximum atomic E-state index is 12.2. The molecule has 3 rings (SSSR count). The van der Waals surface area contributed by atoms with E-state index in [0.29, 0.717) is 0 Å². The number of fused-ring (bicyclic) bond motifs is 1. The highest BCUT2D eigenvalue weighted by molar-refractivity contribution is 7.79. The molecule has 1 aromatic heterocycles. The number of benzene rings is 2. The van der Waals surface area contributed by atoms with Gasteiger partial charge in [-0.2, -0.15) is 0 Å². The molecule has 7 nitrogen and oxygen atoms in total. The molecule has 0 amide bonds. The Bertz CT molecular complexity index is 985. The molecule has 1 unspecified atom stereocenters. The van der Waals surface area contributed by atoms with E-state index in [1.807, 2.05) is 18.2 Å². The standard InChI is InChI=1S/C16H12N2O5S/c19-15-12-6-11(7-13(24(21)22)14(12)17-9-18-15)16(20)23-8-10-4-2-1-3-5-10/h1-7,9H,8H2,(H,21,22)(H,17,18,19). The summed E-state index contributed by atoms with van der Waals surface area (Å²) in [5.41, 5.74) is 0.370. The summed E-state index contributed by atoms with van der Waals surface area (Å²) in [7, 11) is 0. The molecule has 0 spiro atoms. The first kappa shape index (κ1) is 16.0. The van der Waals surface area contributed by atoms with Gasteiger partial charge >= 0.3 is 5.97 Å². The smallest absolute Gasteiger partial charge is 0.338 e. The molecule has 8 heteroatoms. The van der Waals surface area contributed by atoms with E-state index in [1.54, 1.807) is 12.1 Å². The van der Waals surface area contributed by atoms with Crippen molar-refractivity contribution in [2.24, 2.45) is 0 Å². The van der Waals surface area contributed by atoms with Crippen LogP contribution in [0.1, 0.15) is 15.9 Å². The van der Waals surface area contributed by atoms with Crippen LogP contribution in [-0.4, -0.2) is 24.7 Å². The molecule has 122 valence electrons. The van der Waals surface area contributed by atoms with Crippen LogP contribution in [0.4, 0.5) is 0 Å². The van der Waals surface area contributed by atoms with Gasteiger partial charge in [0.2, 0.25) is 0 Å². The number of hydrogen-bond acceptors (Lipinski definition) is 5. The van der Waals surface area contributed by atoms with Gasteiger partial charge in [0.05, 0.1) is 27.7 Å². The molecule has 24 heavy (non-hydrogen) atoms. The maximum Gasteiger partial charge on any atom is 0.338 e. The first-order valence-corrected chi connectivity index (χ1v) is 8.00. The molecule has 2 aromatic carbocycles. The van der Waals surface area contributed by atoms with Crippen LogP contribution in [0.2, 0.25) is 0 Å². The fourth-order valence-electron chi connectivity index (χ4n) is 2.20. The van der Waals surface area contributed by atoms with Crippen molar-refractivity contribution in [3.05, 3.63) is 70.3 Å². The molecule has 1 heterocycles. The van der Waals surface area contributed by atoms with Gasteiger partial charge in [0.25, 0.3) is 5.56 Å².